The molecule has 3 nitrogen and oxygen atoms in total. The van der Waals surface area contributed by atoms with Gasteiger partial charge in [0, 0.05) is 24.9 Å². The van der Waals surface area contributed by atoms with E-state index in [0.29, 0.717) is 12.1 Å². The van der Waals surface area contributed by atoms with Crippen molar-refractivity contribution in [3.8, 4) is 0 Å². The molecule has 100 valence electrons. The van der Waals surface area contributed by atoms with Crippen molar-refractivity contribution in [2.75, 3.05) is 25.9 Å². The topological polar surface area (TPSA) is 38.5 Å². The zero-order valence-corrected chi connectivity index (χ0v) is 11.4. The summed E-state index contributed by atoms with van der Waals surface area (Å²) in [6.45, 7) is 4.14. The Morgan fingerprint density at radius 1 is 1.44 bits per heavy atom. The Morgan fingerprint density at radius 3 is 2.94 bits per heavy atom. The molecule has 3 heteroatoms. The highest BCUT2D eigenvalue weighted by molar-refractivity contribution is 5.41. The fraction of sp³-hybridized carbons (Fsp3) is 0.600. The van der Waals surface area contributed by atoms with E-state index in [4.69, 9.17) is 10.5 Å². The number of hydrogen-bond acceptors (Lipinski definition) is 3. The third kappa shape index (κ3) is 3.47. The van der Waals surface area contributed by atoms with E-state index < -0.39 is 0 Å². The van der Waals surface area contributed by atoms with Crippen LogP contribution >= 0.6 is 0 Å². The van der Waals surface area contributed by atoms with E-state index in [9.17, 15) is 0 Å². The van der Waals surface area contributed by atoms with Gasteiger partial charge in [0.25, 0.3) is 0 Å². The molecule has 1 aliphatic rings. The molecule has 0 bridgehead atoms. The molecule has 1 fully saturated rings. The van der Waals surface area contributed by atoms with Crippen LogP contribution in [-0.4, -0.2) is 31.2 Å². The number of likely N-dealkylation sites (N-methyl/N-ethyl adjacent to an activating group) is 1. The van der Waals surface area contributed by atoms with E-state index in [1.807, 2.05) is 12.1 Å². The number of rotatable bonds is 4. The summed E-state index contributed by atoms with van der Waals surface area (Å²) >= 11 is 0. The SMILES string of the molecule is CC(c1cccc(N)c1)N(C)CC1CCCCO1. The van der Waals surface area contributed by atoms with Gasteiger partial charge in [0.05, 0.1) is 6.10 Å². The summed E-state index contributed by atoms with van der Waals surface area (Å²) in [5.74, 6) is 0. The highest BCUT2D eigenvalue weighted by Gasteiger charge is 2.19. The van der Waals surface area contributed by atoms with Gasteiger partial charge in [-0.15, -0.1) is 0 Å². The number of anilines is 1. The van der Waals surface area contributed by atoms with Crippen LogP contribution in [0.25, 0.3) is 0 Å². The van der Waals surface area contributed by atoms with Crippen molar-refractivity contribution >= 4 is 5.69 Å². The molecule has 1 heterocycles. The zero-order valence-electron chi connectivity index (χ0n) is 11.4. The maximum Gasteiger partial charge on any atom is 0.0702 e. The number of nitrogens with zero attached hydrogens (tertiary/aromatic N) is 1. The van der Waals surface area contributed by atoms with Crippen molar-refractivity contribution in [1.82, 2.24) is 4.90 Å². The van der Waals surface area contributed by atoms with Gasteiger partial charge < -0.3 is 10.5 Å². The van der Waals surface area contributed by atoms with Crippen LogP contribution in [-0.2, 0) is 4.74 Å². The minimum Gasteiger partial charge on any atom is -0.399 e. The molecule has 0 aromatic heterocycles. The van der Waals surface area contributed by atoms with Gasteiger partial charge in [-0.1, -0.05) is 12.1 Å². The summed E-state index contributed by atoms with van der Waals surface area (Å²) in [4.78, 5) is 2.35. The molecule has 1 aromatic carbocycles. The predicted molar refractivity (Wildman–Crippen MR) is 75.5 cm³/mol. The van der Waals surface area contributed by atoms with E-state index in [-0.39, 0.29) is 0 Å². The van der Waals surface area contributed by atoms with E-state index in [1.54, 1.807) is 0 Å². The maximum absolute atomic E-state index is 5.84. The van der Waals surface area contributed by atoms with Crippen molar-refractivity contribution in [2.24, 2.45) is 0 Å². The van der Waals surface area contributed by atoms with Gasteiger partial charge in [-0.25, -0.2) is 0 Å². The maximum atomic E-state index is 5.84. The van der Waals surface area contributed by atoms with Crippen LogP contribution in [0, 0.1) is 0 Å². The second kappa shape index (κ2) is 6.21. The fourth-order valence-electron chi connectivity index (χ4n) is 2.50. The van der Waals surface area contributed by atoms with Gasteiger partial charge in [-0.2, -0.15) is 0 Å². The van der Waals surface area contributed by atoms with Gasteiger partial charge >= 0.3 is 0 Å². The standard InChI is InChI=1S/C15H24N2O/c1-12(13-6-5-7-14(16)10-13)17(2)11-15-8-3-4-9-18-15/h5-7,10,12,15H,3-4,8-9,11,16H2,1-2H3. The Bertz CT molecular complexity index is 375. The average molecular weight is 248 g/mol. The van der Waals surface area contributed by atoms with E-state index in [0.717, 1.165) is 18.8 Å². The van der Waals surface area contributed by atoms with Crippen LogP contribution in [0.3, 0.4) is 0 Å². The third-order valence-corrected chi connectivity index (χ3v) is 3.82. The Hall–Kier alpha value is -1.06. The number of benzene rings is 1. The molecule has 2 rings (SSSR count). The Labute approximate surface area is 110 Å². The Balaban J connectivity index is 1.93. The highest BCUT2D eigenvalue weighted by atomic mass is 16.5. The van der Waals surface area contributed by atoms with Crippen LogP contribution in [0.15, 0.2) is 24.3 Å². The van der Waals surface area contributed by atoms with Crippen molar-refractivity contribution < 1.29 is 4.74 Å². The lowest BCUT2D eigenvalue weighted by molar-refractivity contribution is -0.00714. The first-order valence-electron chi connectivity index (χ1n) is 6.84. The van der Waals surface area contributed by atoms with E-state index >= 15 is 0 Å². The number of nitrogen functional groups attached to an aromatic ring is 1. The lowest BCUT2D eigenvalue weighted by Crippen LogP contribution is -2.34. The number of hydrogen-bond donors (Lipinski definition) is 1. The minimum atomic E-state index is 0.374. The number of ether oxygens (including phenoxy) is 1. The highest BCUT2D eigenvalue weighted by Crippen LogP contribution is 2.22. The van der Waals surface area contributed by atoms with Crippen molar-refractivity contribution in [2.45, 2.75) is 38.3 Å². The molecule has 1 aliphatic heterocycles. The first-order valence-corrected chi connectivity index (χ1v) is 6.84. The van der Waals surface area contributed by atoms with Crippen molar-refractivity contribution in [3.05, 3.63) is 29.8 Å². The molecule has 0 spiro atoms. The molecule has 2 N–H and O–H groups in total. The van der Waals surface area contributed by atoms with Crippen molar-refractivity contribution in [1.29, 1.82) is 0 Å². The summed E-state index contributed by atoms with van der Waals surface area (Å²) in [5.41, 5.74) is 7.94. The second-order valence-corrected chi connectivity index (χ2v) is 5.27. The van der Waals surface area contributed by atoms with Gasteiger partial charge in [-0.05, 0) is 50.9 Å². The molecule has 0 saturated carbocycles. The normalized spacial score (nSPS) is 22.1. The van der Waals surface area contributed by atoms with Crippen molar-refractivity contribution in [3.63, 3.8) is 0 Å². The molecular weight excluding hydrogens is 224 g/mol. The molecule has 18 heavy (non-hydrogen) atoms. The van der Waals surface area contributed by atoms with Gasteiger partial charge in [-0.3, -0.25) is 4.90 Å². The molecule has 2 unspecified atom stereocenters. The molecule has 1 aromatic rings. The molecular formula is C15H24N2O. The van der Waals surface area contributed by atoms with Crippen LogP contribution in [0.4, 0.5) is 5.69 Å². The van der Waals surface area contributed by atoms with Gasteiger partial charge in [0.15, 0.2) is 0 Å². The van der Waals surface area contributed by atoms with Gasteiger partial charge in [0.1, 0.15) is 0 Å². The summed E-state index contributed by atoms with van der Waals surface area (Å²) < 4.78 is 5.79. The largest absolute Gasteiger partial charge is 0.399 e. The summed E-state index contributed by atoms with van der Waals surface area (Å²) in [7, 11) is 2.16. The monoisotopic (exact) mass is 248 g/mol. The van der Waals surface area contributed by atoms with Crippen LogP contribution in [0.1, 0.15) is 37.8 Å². The average Bonchev–Trinajstić information content (AvgIpc) is 2.39. The lowest BCUT2D eigenvalue weighted by Gasteiger charge is -2.31. The van der Waals surface area contributed by atoms with E-state index in [1.165, 1.54) is 24.8 Å². The van der Waals surface area contributed by atoms with Crippen LogP contribution in [0.2, 0.25) is 0 Å². The zero-order chi connectivity index (χ0) is 13.0. The summed E-state index contributed by atoms with van der Waals surface area (Å²) in [6.07, 6.45) is 4.09. The molecule has 1 saturated heterocycles. The quantitative estimate of drug-likeness (QED) is 0.833. The third-order valence-electron chi connectivity index (χ3n) is 3.82. The summed E-state index contributed by atoms with van der Waals surface area (Å²) in [6, 6.07) is 8.52. The molecule has 0 radical (unpaired) electrons. The van der Waals surface area contributed by atoms with E-state index in [2.05, 4.69) is 31.0 Å². The fourth-order valence-corrected chi connectivity index (χ4v) is 2.50. The first-order chi connectivity index (χ1) is 8.66. The second-order valence-electron chi connectivity index (χ2n) is 5.27. The summed E-state index contributed by atoms with van der Waals surface area (Å²) in [5, 5.41) is 0. The van der Waals surface area contributed by atoms with Crippen LogP contribution in [0.5, 0.6) is 0 Å². The predicted octanol–water partition coefficient (Wildman–Crippen LogP) is 2.83. The van der Waals surface area contributed by atoms with Gasteiger partial charge in [0.2, 0.25) is 0 Å². The van der Waals surface area contributed by atoms with Crippen LogP contribution < -0.4 is 5.73 Å². The molecule has 2 atom stereocenters. The molecule has 0 aliphatic carbocycles. The molecule has 0 amide bonds. The lowest BCUT2D eigenvalue weighted by atomic mass is 10.0. The Morgan fingerprint density at radius 2 is 2.28 bits per heavy atom. The Kier molecular flexibility index (Phi) is 4.61. The minimum absolute atomic E-state index is 0.374. The number of nitrogens with two attached hydrogens (primary N) is 1. The smallest absolute Gasteiger partial charge is 0.0702 e. The first kappa shape index (κ1) is 13.4.